The maximum absolute atomic E-state index is 12.6. The number of halogens is 1. The smallest absolute Gasteiger partial charge is 0.325 e. The van der Waals surface area contributed by atoms with Crippen molar-refractivity contribution in [3.8, 4) is 11.4 Å². The minimum Gasteiger partial charge on any atom is -0.326 e. The number of rotatable bonds is 7. The first kappa shape index (κ1) is 21.0. The van der Waals surface area contributed by atoms with Crippen molar-refractivity contribution in [2.45, 2.75) is 25.4 Å². The van der Waals surface area contributed by atoms with Crippen molar-refractivity contribution in [2.75, 3.05) is 5.32 Å². The van der Waals surface area contributed by atoms with Crippen molar-refractivity contribution >= 4 is 45.9 Å². The number of hydrogen-bond donors (Lipinski definition) is 2. The van der Waals surface area contributed by atoms with Crippen LogP contribution in [0.1, 0.15) is 18.4 Å². The molecule has 10 heteroatoms. The fraction of sp³-hybridized carbons (Fsp3) is 0.190. The predicted octanol–water partition coefficient (Wildman–Crippen LogP) is 3.70. The monoisotopic (exact) mass is 455 g/mol. The van der Waals surface area contributed by atoms with Crippen LogP contribution in [0.4, 0.5) is 9.93 Å². The van der Waals surface area contributed by atoms with Gasteiger partial charge in [-0.05, 0) is 30.2 Å². The lowest BCUT2D eigenvalue weighted by atomic mass is 10.1. The maximum Gasteiger partial charge on any atom is 0.325 e. The number of nitrogens with zero attached hydrogens (tertiary/aromatic N) is 3. The van der Waals surface area contributed by atoms with Crippen LogP contribution < -0.4 is 10.6 Å². The Hall–Kier alpha value is -3.30. The molecule has 1 aromatic carbocycles. The normalized spacial score (nSPS) is 15.8. The van der Waals surface area contributed by atoms with Gasteiger partial charge in [0.25, 0.3) is 5.91 Å². The third kappa shape index (κ3) is 4.89. The van der Waals surface area contributed by atoms with E-state index in [1.807, 2.05) is 23.6 Å². The highest BCUT2D eigenvalue weighted by Gasteiger charge is 2.38. The summed E-state index contributed by atoms with van der Waals surface area (Å²) in [6.45, 7) is 0.0858. The number of benzene rings is 1. The highest BCUT2D eigenvalue weighted by molar-refractivity contribution is 7.14. The molecule has 0 unspecified atom stereocenters. The number of carbonyl (C=O) groups is 3. The number of nitrogens with one attached hydrogen (secondary N) is 2. The van der Waals surface area contributed by atoms with Crippen molar-refractivity contribution in [3.05, 3.63) is 64.6 Å². The van der Waals surface area contributed by atoms with Gasteiger partial charge in [0.2, 0.25) is 5.91 Å². The summed E-state index contributed by atoms with van der Waals surface area (Å²) in [5.74, 6) is -0.655. The molecule has 1 aliphatic heterocycles. The van der Waals surface area contributed by atoms with Crippen LogP contribution in [0.25, 0.3) is 11.4 Å². The third-order valence-corrected chi connectivity index (χ3v) is 5.86. The van der Waals surface area contributed by atoms with Crippen LogP contribution in [0.5, 0.6) is 0 Å². The average Bonchev–Trinajstić information content (AvgIpc) is 3.34. The zero-order valence-corrected chi connectivity index (χ0v) is 17.8. The van der Waals surface area contributed by atoms with Gasteiger partial charge in [-0.25, -0.2) is 9.78 Å². The maximum atomic E-state index is 12.6. The third-order valence-electron chi connectivity index (χ3n) is 4.73. The van der Waals surface area contributed by atoms with Crippen LogP contribution in [0, 0.1) is 0 Å². The van der Waals surface area contributed by atoms with Gasteiger partial charge in [-0.1, -0.05) is 35.9 Å². The van der Waals surface area contributed by atoms with E-state index in [0.29, 0.717) is 21.4 Å². The summed E-state index contributed by atoms with van der Waals surface area (Å²) >= 11 is 7.42. The van der Waals surface area contributed by atoms with Crippen molar-refractivity contribution in [1.82, 2.24) is 20.2 Å². The molecule has 3 heterocycles. The summed E-state index contributed by atoms with van der Waals surface area (Å²) in [7, 11) is 0. The number of aromatic nitrogens is 2. The Bertz CT molecular complexity index is 1120. The number of urea groups is 1. The number of carbonyl (C=O) groups excluding carboxylic acids is 3. The second-order valence-electron chi connectivity index (χ2n) is 6.86. The molecule has 1 atom stereocenters. The summed E-state index contributed by atoms with van der Waals surface area (Å²) in [5, 5.41) is 8.11. The molecule has 158 valence electrons. The summed E-state index contributed by atoms with van der Waals surface area (Å²) in [6, 6.07) is 11.3. The Kier molecular flexibility index (Phi) is 6.24. The van der Waals surface area contributed by atoms with E-state index in [1.165, 1.54) is 11.3 Å². The van der Waals surface area contributed by atoms with Crippen molar-refractivity contribution in [1.29, 1.82) is 0 Å². The van der Waals surface area contributed by atoms with Gasteiger partial charge >= 0.3 is 6.03 Å². The number of amides is 4. The molecule has 2 aromatic heterocycles. The van der Waals surface area contributed by atoms with Crippen LogP contribution in [0.2, 0.25) is 5.02 Å². The lowest BCUT2D eigenvalue weighted by Gasteiger charge is -2.14. The summed E-state index contributed by atoms with van der Waals surface area (Å²) in [4.78, 5) is 46.8. The molecule has 1 aliphatic rings. The summed E-state index contributed by atoms with van der Waals surface area (Å²) in [5.41, 5.74) is 2.07. The number of imide groups is 1. The molecule has 1 fully saturated rings. The highest BCUT2D eigenvalue weighted by Crippen LogP contribution is 2.24. The van der Waals surface area contributed by atoms with Crippen LogP contribution in [-0.4, -0.2) is 38.8 Å². The first-order valence-corrected chi connectivity index (χ1v) is 10.8. The zero-order chi connectivity index (χ0) is 21.8. The van der Waals surface area contributed by atoms with Crippen molar-refractivity contribution < 1.29 is 14.4 Å². The van der Waals surface area contributed by atoms with E-state index < -0.39 is 12.1 Å². The van der Waals surface area contributed by atoms with E-state index in [0.717, 1.165) is 10.6 Å². The molecule has 1 saturated heterocycles. The van der Waals surface area contributed by atoms with E-state index >= 15 is 0 Å². The standard InChI is InChI=1S/C21H18ClN5O3S/c22-14-6-2-1-5-13(14)11-27-19(29)16(25-21(27)30)8-9-18(28)26-20-24-17(12-31-20)15-7-3-4-10-23-15/h1-7,10,12,16H,8-9,11H2,(H,25,30)(H,24,26,28)/t16-/m1/s1. The second-order valence-corrected chi connectivity index (χ2v) is 8.12. The van der Waals surface area contributed by atoms with Gasteiger partial charge in [0.15, 0.2) is 5.13 Å². The van der Waals surface area contributed by atoms with Crippen LogP contribution in [-0.2, 0) is 16.1 Å². The van der Waals surface area contributed by atoms with E-state index in [-0.39, 0.29) is 31.2 Å². The molecule has 0 bridgehead atoms. The molecule has 2 N–H and O–H groups in total. The molecule has 0 saturated carbocycles. The van der Waals surface area contributed by atoms with E-state index in [2.05, 4.69) is 20.6 Å². The fourth-order valence-corrected chi connectivity index (χ4v) is 4.06. The van der Waals surface area contributed by atoms with E-state index in [4.69, 9.17) is 11.6 Å². The number of hydrogen-bond acceptors (Lipinski definition) is 6. The zero-order valence-electron chi connectivity index (χ0n) is 16.2. The molecule has 0 aliphatic carbocycles. The largest absolute Gasteiger partial charge is 0.326 e. The van der Waals surface area contributed by atoms with E-state index in [1.54, 1.807) is 30.5 Å². The van der Waals surface area contributed by atoms with Crippen LogP contribution in [0.3, 0.4) is 0 Å². The van der Waals surface area contributed by atoms with Gasteiger partial charge < -0.3 is 10.6 Å². The predicted molar refractivity (Wildman–Crippen MR) is 118 cm³/mol. The van der Waals surface area contributed by atoms with Crippen molar-refractivity contribution in [3.63, 3.8) is 0 Å². The fourth-order valence-electron chi connectivity index (χ4n) is 3.14. The molecular weight excluding hydrogens is 438 g/mol. The van der Waals surface area contributed by atoms with Crippen LogP contribution in [0.15, 0.2) is 54.0 Å². The lowest BCUT2D eigenvalue weighted by molar-refractivity contribution is -0.128. The summed E-state index contributed by atoms with van der Waals surface area (Å²) < 4.78 is 0. The quantitative estimate of drug-likeness (QED) is 0.528. The molecular formula is C21H18ClN5O3S. The molecule has 3 aromatic rings. The van der Waals surface area contributed by atoms with Gasteiger partial charge in [0, 0.05) is 23.0 Å². The minimum absolute atomic E-state index is 0.0646. The molecule has 8 nitrogen and oxygen atoms in total. The number of pyridine rings is 1. The first-order valence-electron chi connectivity index (χ1n) is 9.53. The van der Waals surface area contributed by atoms with Gasteiger partial charge in [0.1, 0.15) is 11.7 Å². The second kappa shape index (κ2) is 9.23. The van der Waals surface area contributed by atoms with Gasteiger partial charge in [0.05, 0.1) is 12.2 Å². The summed E-state index contributed by atoms with van der Waals surface area (Å²) in [6.07, 6.45) is 1.93. The number of thiazole rings is 1. The molecule has 4 amide bonds. The SMILES string of the molecule is O=C(CC[C@H]1NC(=O)N(Cc2ccccc2Cl)C1=O)Nc1nc(-c2ccccn2)cs1. The Morgan fingerprint density at radius 2 is 1.97 bits per heavy atom. The molecule has 4 rings (SSSR count). The van der Waals surface area contributed by atoms with Gasteiger partial charge in [-0.15, -0.1) is 11.3 Å². The highest BCUT2D eigenvalue weighted by atomic mass is 35.5. The van der Waals surface area contributed by atoms with Gasteiger partial charge in [-0.2, -0.15) is 0 Å². The Balaban J connectivity index is 1.31. The molecule has 0 spiro atoms. The van der Waals surface area contributed by atoms with Gasteiger partial charge in [-0.3, -0.25) is 19.5 Å². The van der Waals surface area contributed by atoms with Crippen molar-refractivity contribution in [2.24, 2.45) is 0 Å². The molecule has 31 heavy (non-hydrogen) atoms. The Labute approximate surface area is 187 Å². The molecule has 0 radical (unpaired) electrons. The lowest BCUT2D eigenvalue weighted by Crippen LogP contribution is -2.31. The minimum atomic E-state index is -0.749. The van der Waals surface area contributed by atoms with E-state index in [9.17, 15) is 14.4 Å². The average molecular weight is 456 g/mol. The topological polar surface area (TPSA) is 104 Å². The first-order chi connectivity index (χ1) is 15.0. The number of anilines is 1. The Morgan fingerprint density at radius 3 is 2.74 bits per heavy atom. The van der Waals surface area contributed by atoms with Crippen LogP contribution >= 0.6 is 22.9 Å². The Morgan fingerprint density at radius 1 is 1.16 bits per heavy atom.